The van der Waals surface area contributed by atoms with E-state index in [1.54, 1.807) is 30.3 Å². The number of nitrogens with one attached hydrogen (secondary N) is 2. The van der Waals surface area contributed by atoms with E-state index in [0.29, 0.717) is 16.4 Å². The summed E-state index contributed by atoms with van der Waals surface area (Å²) >= 11 is 1.52. The van der Waals surface area contributed by atoms with Crippen molar-refractivity contribution in [3.05, 3.63) is 99.9 Å². The Bertz CT molecular complexity index is 1320. The number of aryl methyl sites for hydroxylation is 1. The van der Waals surface area contributed by atoms with Gasteiger partial charge in [0, 0.05) is 42.2 Å². The number of hydrogen-bond acceptors (Lipinski definition) is 6. The number of thiazole rings is 1. The van der Waals surface area contributed by atoms with Gasteiger partial charge in [0.15, 0.2) is 10.9 Å². The summed E-state index contributed by atoms with van der Waals surface area (Å²) in [4.78, 5) is 33.5. The Hall–Kier alpha value is -3.75. The molecule has 0 saturated heterocycles. The lowest BCUT2D eigenvalue weighted by Gasteiger charge is -2.25. The molecule has 2 N–H and O–H groups in total. The first-order chi connectivity index (χ1) is 16.5. The average molecular weight is 473 g/mol. The van der Waals surface area contributed by atoms with Crippen molar-refractivity contribution >= 4 is 34.0 Å². The standard InChI is InChI=1S/C26H24N4O3S/c1-17-9-10-19(14-21(17)27-25(32)22-8-5-13-33-22)24(31)29-26-28-20-11-12-30(16-23(20)34-26)15-18-6-3-2-4-7-18/h2-10,13-14H,11-12,15-16H2,1H3,(H,27,32)(H,28,29,31). The zero-order chi connectivity index (χ0) is 23.5. The lowest BCUT2D eigenvalue weighted by Crippen LogP contribution is -2.29. The van der Waals surface area contributed by atoms with Gasteiger partial charge in [0.2, 0.25) is 0 Å². The quantitative estimate of drug-likeness (QED) is 0.407. The third kappa shape index (κ3) is 4.93. The van der Waals surface area contributed by atoms with Crippen LogP contribution in [0.25, 0.3) is 0 Å². The molecule has 1 aliphatic heterocycles. The van der Waals surface area contributed by atoms with Crippen molar-refractivity contribution in [2.75, 3.05) is 17.2 Å². The van der Waals surface area contributed by atoms with E-state index in [0.717, 1.165) is 37.3 Å². The van der Waals surface area contributed by atoms with Crippen LogP contribution >= 0.6 is 11.3 Å². The molecule has 2 aromatic heterocycles. The second kappa shape index (κ2) is 9.62. The third-order valence-corrected chi connectivity index (χ3v) is 6.77. The molecule has 2 aromatic carbocycles. The van der Waals surface area contributed by atoms with E-state index in [9.17, 15) is 9.59 Å². The molecule has 0 bridgehead atoms. The molecular formula is C26H24N4O3S. The van der Waals surface area contributed by atoms with Crippen molar-refractivity contribution in [1.29, 1.82) is 0 Å². The molecule has 8 heteroatoms. The minimum absolute atomic E-state index is 0.212. The summed E-state index contributed by atoms with van der Waals surface area (Å²) in [7, 11) is 0. The van der Waals surface area contributed by atoms with E-state index in [4.69, 9.17) is 4.42 Å². The monoisotopic (exact) mass is 472 g/mol. The normalized spacial score (nSPS) is 13.3. The van der Waals surface area contributed by atoms with Crippen molar-refractivity contribution in [2.45, 2.75) is 26.4 Å². The summed E-state index contributed by atoms with van der Waals surface area (Å²) in [5.41, 5.74) is 4.20. The van der Waals surface area contributed by atoms with Crippen LogP contribution in [-0.2, 0) is 19.5 Å². The second-order valence-corrected chi connectivity index (χ2v) is 9.33. The van der Waals surface area contributed by atoms with Gasteiger partial charge in [-0.1, -0.05) is 36.4 Å². The van der Waals surface area contributed by atoms with Crippen LogP contribution in [0.4, 0.5) is 10.8 Å². The molecular weight excluding hydrogens is 448 g/mol. The van der Waals surface area contributed by atoms with Gasteiger partial charge in [-0.15, -0.1) is 11.3 Å². The lowest BCUT2D eigenvalue weighted by molar-refractivity contribution is 0.0993. The SMILES string of the molecule is Cc1ccc(C(=O)Nc2nc3c(s2)CN(Cc2ccccc2)CC3)cc1NC(=O)c1ccco1. The van der Waals surface area contributed by atoms with Crippen LogP contribution in [0.3, 0.4) is 0 Å². The summed E-state index contributed by atoms with van der Waals surface area (Å²) in [6.45, 7) is 4.53. The Morgan fingerprint density at radius 2 is 1.91 bits per heavy atom. The fraction of sp³-hybridized carbons (Fsp3) is 0.192. The number of furan rings is 1. The number of anilines is 2. The predicted molar refractivity (Wildman–Crippen MR) is 132 cm³/mol. The summed E-state index contributed by atoms with van der Waals surface area (Å²) in [6, 6.07) is 18.9. The third-order valence-electron chi connectivity index (χ3n) is 5.77. The van der Waals surface area contributed by atoms with Crippen LogP contribution in [0.2, 0.25) is 0 Å². The molecule has 0 atom stereocenters. The maximum absolute atomic E-state index is 12.9. The number of amides is 2. The van der Waals surface area contributed by atoms with Gasteiger partial charge in [-0.2, -0.15) is 0 Å². The minimum Gasteiger partial charge on any atom is -0.459 e. The zero-order valence-electron chi connectivity index (χ0n) is 18.7. The molecule has 3 heterocycles. The van der Waals surface area contributed by atoms with Crippen molar-refractivity contribution < 1.29 is 14.0 Å². The van der Waals surface area contributed by atoms with Crippen molar-refractivity contribution in [2.24, 2.45) is 0 Å². The highest BCUT2D eigenvalue weighted by Gasteiger charge is 2.22. The molecule has 0 unspecified atom stereocenters. The fourth-order valence-corrected chi connectivity index (χ4v) is 4.98. The number of hydrogen-bond donors (Lipinski definition) is 2. The largest absolute Gasteiger partial charge is 0.459 e. The van der Waals surface area contributed by atoms with Crippen LogP contribution in [0.1, 0.15) is 42.6 Å². The van der Waals surface area contributed by atoms with Gasteiger partial charge < -0.3 is 9.73 Å². The fourth-order valence-electron chi connectivity index (χ4n) is 3.94. The average Bonchev–Trinajstić information content (AvgIpc) is 3.51. The smallest absolute Gasteiger partial charge is 0.291 e. The van der Waals surface area contributed by atoms with E-state index in [-0.39, 0.29) is 17.6 Å². The maximum Gasteiger partial charge on any atom is 0.291 e. The molecule has 0 spiro atoms. The molecule has 34 heavy (non-hydrogen) atoms. The van der Waals surface area contributed by atoms with Gasteiger partial charge in [-0.05, 0) is 42.3 Å². The Balaban J connectivity index is 1.25. The highest BCUT2D eigenvalue weighted by Crippen LogP contribution is 2.29. The highest BCUT2D eigenvalue weighted by atomic mass is 32.1. The highest BCUT2D eigenvalue weighted by molar-refractivity contribution is 7.15. The van der Waals surface area contributed by atoms with Gasteiger partial charge in [0.1, 0.15) is 0 Å². The van der Waals surface area contributed by atoms with Gasteiger partial charge in [-0.3, -0.25) is 19.8 Å². The number of nitrogens with zero attached hydrogens (tertiary/aromatic N) is 2. The van der Waals surface area contributed by atoms with Gasteiger partial charge in [0.25, 0.3) is 11.8 Å². The van der Waals surface area contributed by atoms with Gasteiger partial charge >= 0.3 is 0 Å². The zero-order valence-corrected chi connectivity index (χ0v) is 19.5. The van der Waals surface area contributed by atoms with Crippen LogP contribution in [0, 0.1) is 6.92 Å². The van der Waals surface area contributed by atoms with E-state index in [1.165, 1.54) is 28.0 Å². The number of rotatable bonds is 6. The second-order valence-electron chi connectivity index (χ2n) is 8.25. The Kier molecular flexibility index (Phi) is 6.24. The Labute approximate surface area is 201 Å². The minimum atomic E-state index is -0.363. The summed E-state index contributed by atoms with van der Waals surface area (Å²) in [5.74, 6) is -0.414. The number of fused-ring (bicyclic) bond motifs is 1. The molecule has 172 valence electrons. The maximum atomic E-state index is 12.9. The van der Waals surface area contributed by atoms with Crippen LogP contribution in [0.5, 0.6) is 0 Å². The molecule has 0 radical (unpaired) electrons. The number of benzene rings is 2. The number of carbonyl (C=O) groups excluding carboxylic acids is 2. The molecule has 0 fully saturated rings. The molecule has 0 aliphatic carbocycles. The molecule has 5 rings (SSSR count). The number of carbonyl (C=O) groups is 2. The lowest BCUT2D eigenvalue weighted by atomic mass is 10.1. The molecule has 1 aliphatic rings. The molecule has 7 nitrogen and oxygen atoms in total. The summed E-state index contributed by atoms with van der Waals surface area (Å²) < 4.78 is 5.14. The van der Waals surface area contributed by atoms with Crippen LogP contribution in [-0.4, -0.2) is 28.2 Å². The summed E-state index contributed by atoms with van der Waals surface area (Å²) in [5, 5.41) is 6.33. The van der Waals surface area contributed by atoms with E-state index < -0.39 is 0 Å². The van der Waals surface area contributed by atoms with E-state index in [2.05, 4.69) is 44.8 Å². The Morgan fingerprint density at radius 1 is 1.06 bits per heavy atom. The van der Waals surface area contributed by atoms with Crippen LogP contribution in [0.15, 0.2) is 71.3 Å². The summed E-state index contributed by atoms with van der Waals surface area (Å²) in [6.07, 6.45) is 2.31. The molecule has 2 amide bonds. The van der Waals surface area contributed by atoms with E-state index in [1.807, 2.05) is 13.0 Å². The van der Waals surface area contributed by atoms with Crippen LogP contribution < -0.4 is 10.6 Å². The van der Waals surface area contributed by atoms with Crippen molar-refractivity contribution in [3.63, 3.8) is 0 Å². The first-order valence-electron chi connectivity index (χ1n) is 11.1. The molecule has 0 saturated carbocycles. The molecule has 4 aromatic rings. The van der Waals surface area contributed by atoms with E-state index >= 15 is 0 Å². The number of aromatic nitrogens is 1. The van der Waals surface area contributed by atoms with Gasteiger partial charge in [0.05, 0.1) is 12.0 Å². The van der Waals surface area contributed by atoms with Gasteiger partial charge in [-0.25, -0.2) is 4.98 Å². The Morgan fingerprint density at radius 3 is 2.71 bits per heavy atom. The van der Waals surface area contributed by atoms with Crippen molar-refractivity contribution in [1.82, 2.24) is 9.88 Å². The predicted octanol–water partition coefficient (Wildman–Crippen LogP) is 5.11. The first-order valence-corrected chi connectivity index (χ1v) is 11.9. The van der Waals surface area contributed by atoms with Crippen molar-refractivity contribution in [3.8, 4) is 0 Å². The topological polar surface area (TPSA) is 87.5 Å². The first kappa shape index (κ1) is 22.1.